The first-order valence-corrected chi connectivity index (χ1v) is 8.75. The van der Waals surface area contributed by atoms with Gasteiger partial charge in [-0.2, -0.15) is 0 Å². The van der Waals surface area contributed by atoms with Gasteiger partial charge in [-0.3, -0.25) is 19.4 Å². The topological polar surface area (TPSA) is 105 Å². The molecular weight excluding hydrogens is 332 g/mol. The Kier molecular flexibility index (Phi) is 4.56. The monoisotopic (exact) mass is 356 g/mol. The Bertz CT molecular complexity index is 804. The highest BCUT2D eigenvalue weighted by molar-refractivity contribution is 6.08. The third kappa shape index (κ3) is 3.47. The van der Waals surface area contributed by atoms with Crippen LogP contribution in [0.2, 0.25) is 0 Å². The lowest BCUT2D eigenvalue weighted by Gasteiger charge is -2.35. The minimum atomic E-state index is -1.44. The fourth-order valence-corrected chi connectivity index (χ4v) is 3.16. The van der Waals surface area contributed by atoms with Crippen molar-refractivity contribution in [3.63, 3.8) is 0 Å². The van der Waals surface area contributed by atoms with Gasteiger partial charge in [0.05, 0.1) is 12.2 Å². The molecule has 1 unspecified atom stereocenters. The van der Waals surface area contributed by atoms with E-state index in [0.29, 0.717) is 17.2 Å². The summed E-state index contributed by atoms with van der Waals surface area (Å²) in [6, 6.07) is 3.89. The van der Waals surface area contributed by atoms with Gasteiger partial charge in [-0.25, -0.2) is 0 Å². The molecule has 3 atom stereocenters. The number of primary amides is 1. The SMILES string of the molecule is Cc1ccnc(CN2C=C(C(=O)N[C@H]3C[C@@H]3C)CC(C)(C(N)=O)C2=O)c1. The number of hydrogen-bond acceptors (Lipinski definition) is 4. The van der Waals surface area contributed by atoms with Gasteiger partial charge in [0.15, 0.2) is 0 Å². The zero-order valence-corrected chi connectivity index (χ0v) is 15.3. The number of nitrogens with one attached hydrogen (secondary N) is 1. The summed E-state index contributed by atoms with van der Waals surface area (Å²) in [5, 5.41) is 2.95. The van der Waals surface area contributed by atoms with Crippen molar-refractivity contribution in [1.29, 1.82) is 0 Å². The molecule has 3 rings (SSSR count). The molecule has 0 aromatic carbocycles. The van der Waals surface area contributed by atoms with E-state index >= 15 is 0 Å². The number of hydrogen-bond donors (Lipinski definition) is 2. The second-order valence-corrected chi connectivity index (χ2v) is 7.58. The van der Waals surface area contributed by atoms with E-state index in [4.69, 9.17) is 5.73 Å². The van der Waals surface area contributed by atoms with E-state index < -0.39 is 17.2 Å². The van der Waals surface area contributed by atoms with E-state index in [-0.39, 0.29) is 24.9 Å². The fraction of sp³-hybridized carbons (Fsp3) is 0.474. The summed E-state index contributed by atoms with van der Waals surface area (Å²) >= 11 is 0. The molecule has 2 aliphatic rings. The largest absolute Gasteiger partial charge is 0.369 e. The van der Waals surface area contributed by atoms with Gasteiger partial charge in [0.1, 0.15) is 5.41 Å². The first-order valence-electron chi connectivity index (χ1n) is 8.75. The molecule has 2 heterocycles. The van der Waals surface area contributed by atoms with Crippen LogP contribution in [-0.4, -0.2) is 33.6 Å². The van der Waals surface area contributed by atoms with Crippen molar-refractivity contribution in [2.24, 2.45) is 17.1 Å². The van der Waals surface area contributed by atoms with Gasteiger partial charge in [0, 0.05) is 30.4 Å². The quantitative estimate of drug-likeness (QED) is 0.768. The van der Waals surface area contributed by atoms with E-state index in [1.165, 1.54) is 18.0 Å². The molecular formula is C19H24N4O3. The molecule has 3 amide bonds. The molecule has 1 fully saturated rings. The Labute approximate surface area is 152 Å². The van der Waals surface area contributed by atoms with E-state index in [0.717, 1.165) is 12.0 Å². The van der Waals surface area contributed by atoms with E-state index in [1.54, 1.807) is 6.20 Å². The Morgan fingerprint density at radius 1 is 1.46 bits per heavy atom. The number of carbonyl (C=O) groups is 3. The summed E-state index contributed by atoms with van der Waals surface area (Å²) in [7, 11) is 0. The van der Waals surface area contributed by atoms with Crippen LogP contribution in [0.1, 0.15) is 37.9 Å². The van der Waals surface area contributed by atoms with Crippen LogP contribution >= 0.6 is 0 Å². The van der Waals surface area contributed by atoms with Crippen LogP contribution in [0.4, 0.5) is 0 Å². The van der Waals surface area contributed by atoms with Crippen LogP contribution in [0.5, 0.6) is 0 Å². The molecule has 3 N–H and O–H groups in total. The summed E-state index contributed by atoms with van der Waals surface area (Å²) in [5.74, 6) is -0.936. The highest BCUT2D eigenvalue weighted by Gasteiger charge is 2.47. The van der Waals surface area contributed by atoms with Crippen molar-refractivity contribution < 1.29 is 14.4 Å². The molecule has 0 saturated heterocycles. The third-order valence-corrected chi connectivity index (χ3v) is 5.15. The van der Waals surface area contributed by atoms with Crippen molar-refractivity contribution in [1.82, 2.24) is 15.2 Å². The standard InChI is InChI=1S/C19H24N4O3/c1-11-4-5-21-14(6-11)10-23-9-13(16(24)22-15-7-12(15)2)8-19(3,17(20)25)18(23)26/h4-6,9,12,15H,7-8,10H2,1-3H3,(H2,20,25)(H,22,24)/t12-,15-,19?/m0/s1. The number of rotatable bonds is 5. The van der Waals surface area contributed by atoms with E-state index in [1.807, 2.05) is 19.1 Å². The number of aryl methyl sites for hydroxylation is 1. The van der Waals surface area contributed by atoms with Gasteiger partial charge < -0.3 is 16.0 Å². The van der Waals surface area contributed by atoms with Crippen molar-refractivity contribution >= 4 is 17.7 Å². The van der Waals surface area contributed by atoms with Crippen LogP contribution in [-0.2, 0) is 20.9 Å². The molecule has 7 heteroatoms. The van der Waals surface area contributed by atoms with E-state index in [2.05, 4.69) is 17.2 Å². The normalized spacial score (nSPS) is 27.7. The molecule has 0 radical (unpaired) electrons. The Morgan fingerprint density at radius 2 is 2.15 bits per heavy atom. The molecule has 0 spiro atoms. The summed E-state index contributed by atoms with van der Waals surface area (Å²) < 4.78 is 0. The first kappa shape index (κ1) is 18.1. The van der Waals surface area contributed by atoms with Gasteiger partial charge in [-0.05, 0) is 43.9 Å². The number of aromatic nitrogens is 1. The molecule has 7 nitrogen and oxygen atoms in total. The Morgan fingerprint density at radius 3 is 2.73 bits per heavy atom. The highest BCUT2D eigenvalue weighted by atomic mass is 16.2. The second-order valence-electron chi connectivity index (χ2n) is 7.58. The average Bonchev–Trinajstić information content (AvgIpc) is 3.26. The lowest BCUT2D eigenvalue weighted by Crippen LogP contribution is -2.52. The molecule has 1 aromatic heterocycles. The maximum Gasteiger partial charge on any atom is 0.248 e. The molecule has 1 aliphatic carbocycles. The smallest absolute Gasteiger partial charge is 0.248 e. The van der Waals surface area contributed by atoms with Crippen LogP contribution in [0.25, 0.3) is 0 Å². The maximum atomic E-state index is 12.9. The minimum absolute atomic E-state index is 0.00580. The number of nitrogens with two attached hydrogens (primary N) is 1. The number of carbonyl (C=O) groups excluding carboxylic acids is 3. The van der Waals surface area contributed by atoms with Crippen molar-refractivity contribution in [2.75, 3.05) is 0 Å². The second kappa shape index (κ2) is 6.55. The summed E-state index contributed by atoms with van der Waals surface area (Å²) in [6.45, 7) is 5.67. The zero-order chi connectivity index (χ0) is 19.1. The summed E-state index contributed by atoms with van der Waals surface area (Å²) in [6.07, 6.45) is 4.14. The lowest BCUT2D eigenvalue weighted by atomic mass is 9.79. The fourth-order valence-electron chi connectivity index (χ4n) is 3.16. The van der Waals surface area contributed by atoms with Gasteiger partial charge >= 0.3 is 0 Å². The lowest BCUT2D eigenvalue weighted by molar-refractivity contribution is -0.148. The van der Waals surface area contributed by atoms with Crippen LogP contribution in [0.3, 0.4) is 0 Å². The van der Waals surface area contributed by atoms with Gasteiger partial charge in [0.2, 0.25) is 17.7 Å². The minimum Gasteiger partial charge on any atom is -0.369 e. The van der Waals surface area contributed by atoms with E-state index in [9.17, 15) is 14.4 Å². The third-order valence-electron chi connectivity index (χ3n) is 5.15. The Balaban J connectivity index is 1.88. The molecule has 138 valence electrons. The molecule has 0 bridgehead atoms. The zero-order valence-electron chi connectivity index (χ0n) is 15.3. The number of nitrogens with zero attached hydrogens (tertiary/aromatic N) is 2. The predicted molar refractivity (Wildman–Crippen MR) is 95.2 cm³/mol. The highest BCUT2D eigenvalue weighted by Crippen LogP contribution is 2.35. The van der Waals surface area contributed by atoms with Crippen molar-refractivity contribution in [3.05, 3.63) is 41.4 Å². The van der Waals surface area contributed by atoms with Crippen LogP contribution in [0, 0.1) is 18.3 Å². The summed E-state index contributed by atoms with van der Waals surface area (Å²) in [5.41, 5.74) is 6.15. The predicted octanol–water partition coefficient (Wildman–Crippen LogP) is 1.02. The Hall–Kier alpha value is -2.70. The molecule has 1 aromatic rings. The number of pyridine rings is 1. The van der Waals surface area contributed by atoms with Gasteiger partial charge in [-0.1, -0.05) is 6.92 Å². The maximum absolute atomic E-state index is 12.9. The molecule has 1 aliphatic heterocycles. The van der Waals surface area contributed by atoms with Gasteiger partial charge in [-0.15, -0.1) is 0 Å². The van der Waals surface area contributed by atoms with Crippen LogP contribution < -0.4 is 11.1 Å². The average molecular weight is 356 g/mol. The van der Waals surface area contributed by atoms with Crippen molar-refractivity contribution in [3.8, 4) is 0 Å². The molecule has 26 heavy (non-hydrogen) atoms. The number of amides is 3. The van der Waals surface area contributed by atoms with Gasteiger partial charge in [0.25, 0.3) is 0 Å². The molecule has 1 saturated carbocycles. The summed E-state index contributed by atoms with van der Waals surface area (Å²) in [4.78, 5) is 43.1. The van der Waals surface area contributed by atoms with Crippen LogP contribution in [0.15, 0.2) is 30.1 Å². The van der Waals surface area contributed by atoms with Crippen molar-refractivity contribution in [2.45, 2.75) is 46.2 Å². The first-order chi connectivity index (χ1) is 12.2.